The summed E-state index contributed by atoms with van der Waals surface area (Å²) in [7, 11) is -3.11. The number of nitrogens with zero attached hydrogens (tertiary/aromatic N) is 1. The molecule has 0 bridgehead atoms. The number of hydrogen-bond acceptors (Lipinski definition) is 4. The van der Waals surface area contributed by atoms with Crippen LogP contribution in [0.3, 0.4) is 0 Å². The van der Waals surface area contributed by atoms with Crippen molar-refractivity contribution in [2.75, 3.05) is 12.0 Å². The molecule has 5 heteroatoms. The van der Waals surface area contributed by atoms with Gasteiger partial charge in [0.1, 0.15) is 9.84 Å². The quantitative estimate of drug-likeness (QED) is 0.769. The summed E-state index contributed by atoms with van der Waals surface area (Å²) < 4.78 is 21.7. The number of aromatic nitrogens is 1. The van der Waals surface area contributed by atoms with Crippen LogP contribution in [-0.2, 0) is 16.3 Å². The minimum atomic E-state index is -3.11. The number of hydrogen-bond donors (Lipinski definition) is 1. The van der Waals surface area contributed by atoms with Gasteiger partial charge in [-0.15, -0.1) is 0 Å². The fraction of sp³-hybridized carbons (Fsp3) is 0.444. The molecule has 1 rings (SSSR count). The van der Waals surface area contributed by atoms with E-state index in [1.807, 2.05) is 0 Å². The summed E-state index contributed by atoms with van der Waals surface area (Å²) in [6, 6.07) is 3.56. The molecule has 0 aromatic carbocycles. The van der Waals surface area contributed by atoms with E-state index in [-0.39, 0.29) is 5.75 Å². The normalized spacial score (nSPS) is 13.9. The van der Waals surface area contributed by atoms with Crippen LogP contribution in [0.5, 0.6) is 0 Å². The lowest BCUT2D eigenvalue weighted by atomic mass is 10.1. The van der Waals surface area contributed by atoms with Gasteiger partial charge in [-0.3, -0.25) is 4.98 Å². The first-order valence-electron chi connectivity index (χ1n) is 4.22. The van der Waals surface area contributed by atoms with Crippen molar-refractivity contribution in [2.45, 2.75) is 12.5 Å². The number of aliphatic hydroxyl groups is 1. The Morgan fingerprint density at radius 1 is 1.57 bits per heavy atom. The number of pyridine rings is 1. The summed E-state index contributed by atoms with van der Waals surface area (Å²) in [5.41, 5.74) is 0.837. The molecule has 0 aliphatic carbocycles. The SMILES string of the molecule is CS(=O)(=O)CC(O)Cc1cccnc1. The lowest BCUT2D eigenvalue weighted by Gasteiger charge is -2.08. The summed E-state index contributed by atoms with van der Waals surface area (Å²) in [6.45, 7) is 0. The maximum atomic E-state index is 10.9. The van der Waals surface area contributed by atoms with E-state index >= 15 is 0 Å². The van der Waals surface area contributed by atoms with Crippen LogP contribution >= 0.6 is 0 Å². The first-order valence-corrected chi connectivity index (χ1v) is 6.28. The van der Waals surface area contributed by atoms with Crippen molar-refractivity contribution < 1.29 is 13.5 Å². The third kappa shape index (κ3) is 4.34. The molecule has 1 N–H and O–H groups in total. The molecule has 78 valence electrons. The monoisotopic (exact) mass is 215 g/mol. The van der Waals surface area contributed by atoms with Crippen LogP contribution in [0.1, 0.15) is 5.56 Å². The molecule has 0 saturated carbocycles. The zero-order chi connectivity index (χ0) is 10.6. The number of sulfone groups is 1. The van der Waals surface area contributed by atoms with Gasteiger partial charge < -0.3 is 5.11 Å². The van der Waals surface area contributed by atoms with Crippen LogP contribution in [0.4, 0.5) is 0 Å². The van der Waals surface area contributed by atoms with Crippen LogP contribution in [-0.4, -0.2) is 36.6 Å². The molecule has 0 spiro atoms. The van der Waals surface area contributed by atoms with Gasteiger partial charge in [0.05, 0.1) is 11.9 Å². The Labute approximate surface area is 83.5 Å². The van der Waals surface area contributed by atoms with E-state index in [1.165, 1.54) is 0 Å². The van der Waals surface area contributed by atoms with Crippen molar-refractivity contribution >= 4 is 9.84 Å². The van der Waals surface area contributed by atoms with Crippen molar-refractivity contribution in [2.24, 2.45) is 0 Å². The third-order valence-electron chi connectivity index (χ3n) is 1.69. The Bertz CT molecular complexity index is 374. The van der Waals surface area contributed by atoms with Gasteiger partial charge in [-0.2, -0.15) is 0 Å². The molecule has 14 heavy (non-hydrogen) atoms. The van der Waals surface area contributed by atoms with Crippen LogP contribution in [0.15, 0.2) is 24.5 Å². The molecule has 4 nitrogen and oxygen atoms in total. The second kappa shape index (κ2) is 4.52. The third-order valence-corrected chi connectivity index (χ3v) is 2.68. The molecule has 0 saturated heterocycles. The number of aliphatic hydroxyl groups excluding tert-OH is 1. The largest absolute Gasteiger partial charge is 0.392 e. The van der Waals surface area contributed by atoms with Gasteiger partial charge >= 0.3 is 0 Å². The molecule has 0 aliphatic rings. The number of rotatable bonds is 4. The smallest absolute Gasteiger partial charge is 0.150 e. The molecule has 1 aromatic rings. The molecule has 1 heterocycles. The summed E-state index contributed by atoms with van der Waals surface area (Å²) in [4.78, 5) is 3.87. The Balaban J connectivity index is 2.54. The van der Waals surface area contributed by atoms with E-state index in [9.17, 15) is 13.5 Å². The highest BCUT2D eigenvalue weighted by molar-refractivity contribution is 7.90. The summed E-state index contributed by atoms with van der Waals surface area (Å²) in [6.07, 6.45) is 3.83. The zero-order valence-corrected chi connectivity index (χ0v) is 8.74. The molecule has 1 atom stereocenters. The van der Waals surface area contributed by atoms with E-state index < -0.39 is 15.9 Å². The zero-order valence-electron chi connectivity index (χ0n) is 7.92. The fourth-order valence-electron chi connectivity index (χ4n) is 1.20. The van der Waals surface area contributed by atoms with Crippen LogP contribution < -0.4 is 0 Å². The summed E-state index contributed by atoms with van der Waals surface area (Å²) in [5, 5.41) is 9.43. The van der Waals surface area contributed by atoms with Crippen molar-refractivity contribution in [1.82, 2.24) is 4.98 Å². The fourth-order valence-corrected chi connectivity index (χ4v) is 2.02. The Morgan fingerprint density at radius 2 is 2.29 bits per heavy atom. The highest BCUT2D eigenvalue weighted by Gasteiger charge is 2.12. The average Bonchev–Trinajstić information content (AvgIpc) is 2.02. The molecule has 0 aliphatic heterocycles. The standard InChI is InChI=1S/C9H13NO3S/c1-14(12,13)7-9(11)5-8-3-2-4-10-6-8/h2-4,6,9,11H,5,7H2,1H3. The van der Waals surface area contributed by atoms with Gasteiger partial charge in [-0.25, -0.2) is 8.42 Å². The van der Waals surface area contributed by atoms with Crippen molar-refractivity contribution in [3.05, 3.63) is 30.1 Å². The molecule has 0 amide bonds. The second-order valence-corrected chi connectivity index (χ2v) is 5.50. The molecule has 1 unspecified atom stereocenters. The van der Waals surface area contributed by atoms with Gasteiger partial charge in [0.25, 0.3) is 0 Å². The minimum absolute atomic E-state index is 0.206. The van der Waals surface area contributed by atoms with Crippen LogP contribution in [0.2, 0.25) is 0 Å². The topological polar surface area (TPSA) is 67.3 Å². The first kappa shape index (κ1) is 11.1. The maximum Gasteiger partial charge on any atom is 0.150 e. The van der Waals surface area contributed by atoms with Crippen LogP contribution in [0.25, 0.3) is 0 Å². The minimum Gasteiger partial charge on any atom is -0.392 e. The highest BCUT2D eigenvalue weighted by Crippen LogP contribution is 2.02. The Kier molecular flexibility index (Phi) is 3.60. The summed E-state index contributed by atoms with van der Waals surface area (Å²) >= 11 is 0. The lowest BCUT2D eigenvalue weighted by molar-refractivity contribution is 0.198. The van der Waals surface area contributed by atoms with Gasteiger partial charge in [0, 0.05) is 25.1 Å². The van der Waals surface area contributed by atoms with Crippen molar-refractivity contribution in [1.29, 1.82) is 0 Å². The van der Waals surface area contributed by atoms with E-state index in [4.69, 9.17) is 0 Å². The predicted molar refractivity (Wildman–Crippen MR) is 53.7 cm³/mol. The lowest BCUT2D eigenvalue weighted by Crippen LogP contribution is -2.22. The van der Waals surface area contributed by atoms with Gasteiger partial charge in [-0.05, 0) is 11.6 Å². The van der Waals surface area contributed by atoms with Crippen LogP contribution in [0, 0.1) is 0 Å². The predicted octanol–water partition coefficient (Wildman–Crippen LogP) is 0.0296. The first-order chi connectivity index (χ1) is 6.47. The van der Waals surface area contributed by atoms with Gasteiger partial charge in [0.15, 0.2) is 0 Å². The van der Waals surface area contributed by atoms with E-state index in [0.29, 0.717) is 6.42 Å². The van der Waals surface area contributed by atoms with Gasteiger partial charge in [0.2, 0.25) is 0 Å². The molecular weight excluding hydrogens is 202 g/mol. The highest BCUT2D eigenvalue weighted by atomic mass is 32.2. The molecule has 1 aromatic heterocycles. The maximum absolute atomic E-state index is 10.9. The molecular formula is C9H13NO3S. The Hall–Kier alpha value is -0.940. The van der Waals surface area contributed by atoms with Crippen molar-refractivity contribution in [3.63, 3.8) is 0 Å². The Morgan fingerprint density at radius 3 is 2.79 bits per heavy atom. The molecule has 0 fully saturated rings. The van der Waals surface area contributed by atoms with Gasteiger partial charge in [-0.1, -0.05) is 6.07 Å². The van der Waals surface area contributed by atoms with E-state index in [0.717, 1.165) is 11.8 Å². The van der Waals surface area contributed by atoms with E-state index in [1.54, 1.807) is 24.5 Å². The molecule has 0 radical (unpaired) electrons. The second-order valence-electron chi connectivity index (χ2n) is 3.31. The van der Waals surface area contributed by atoms with E-state index in [2.05, 4.69) is 4.98 Å². The van der Waals surface area contributed by atoms with Crippen molar-refractivity contribution in [3.8, 4) is 0 Å². The average molecular weight is 215 g/mol. The summed E-state index contributed by atoms with van der Waals surface area (Å²) in [5.74, 6) is -0.206.